The van der Waals surface area contributed by atoms with E-state index in [1.807, 2.05) is 31.2 Å². The molecule has 0 fully saturated rings. The number of rotatable bonds is 6. The molecule has 29 heavy (non-hydrogen) atoms. The Kier molecular flexibility index (Phi) is 6.70. The Balaban J connectivity index is 1.43. The Morgan fingerprint density at radius 1 is 1.03 bits per heavy atom. The molecule has 3 aromatic rings. The first-order chi connectivity index (χ1) is 14.0. The molecule has 0 atom stereocenters. The van der Waals surface area contributed by atoms with E-state index < -0.39 is 24.4 Å². The Bertz CT molecular complexity index is 1020. The summed E-state index contributed by atoms with van der Waals surface area (Å²) in [5, 5.41) is 2.61. The number of benzene rings is 2. The van der Waals surface area contributed by atoms with Gasteiger partial charge in [0.05, 0.1) is 12.1 Å². The van der Waals surface area contributed by atoms with Gasteiger partial charge in [0.15, 0.2) is 6.61 Å². The van der Waals surface area contributed by atoms with E-state index in [0.29, 0.717) is 11.3 Å². The minimum absolute atomic E-state index is 0.0357. The van der Waals surface area contributed by atoms with Crippen LogP contribution in [0.3, 0.4) is 0 Å². The van der Waals surface area contributed by atoms with Crippen molar-refractivity contribution in [2.75, 3.05) is 6.61 Å². The van der Waals surface area contributed by atoms with Crippen molar-refractivity contribution in [2.45, 2.75) is 13.3 Å². The number of amides is 2. The van der Waals surface area contributed by atoms with E-state index >= 15 is 0 Å². The van der Waals surface area contributed by atoms with Crippen LogP contribution in [0.15, 0.2) is 60.0 Å². The first kappa shape index (κ1) is 20.2. The fraction of sp³-hybridized carbons (Fsp3) is 0.143. The van der Waals surface area contributed by atoms with Crippen molar-refractivity contribution >= 4 is 29.1 Å². The van der Waals surface area contributed by atoms with Gasteiger partial charge >= 0.3 is 5.97 Å². The van der Waals surface area contributed by atoms with Crippen molar-refractivity contribution in [1.82, 2.24) is 15.8 Å². The number of nitrogens with one attached hydrogen (secondary N) is 2. The van der Waals surface area contributed by atoms with Gasteiger partial charge in [-0.15, -0.1) is 11.3 Å². The molecule has 2 amide bonds. The van der Waals surface area contributed by atoms with Gasteiger partial charge in [0.2, 0.25) is 0 Å². The van der Waals surface area contributed by atoms with E-state index in [-0.39, 0.29) is 6.42 Å². The van der Waals surface area contributed by atoms with Gasteiger partial charge < -0.3 is 4.74 Å². The van der Waals surface area contributed by atoms with Crippen molar-refractivity contribution in [1.29, 1.82) is 0 Å². The van der Waals surface area contributed by atoms with E-state index in [0.717, 1.165) is 16.1 Å². The van der Waals surface area contributed by atoms with E-state index in [9.17, 15) is 14.4 Å². The summed E-state index contributed by atoms with van der Waals surface area (Å²) in [4.78, 5) is 40.0. The summed E-state index contributed by atoms with van der Waals surface area (Å²) in [6.45, 7) is 1.51. The molecule has 0 aliphatic rings. The number of aryl methyl sites for hydroxylation is 1. The zero-order valence-electron chi connectivity index (χ0n) is 15.7. The summed E-state index contributed by atoms with van der Waals surface area (Å²) in [5.41, 5.74) is 7.56. The lowest BCUT2D eigenvalue weighted by Gasteiger charge is -2.07. The van der Waals surface area contributed by atoms with Crippen molar-refractivity contribution in [3.05, 3.63) is 76.8 Å². The van der Waals surface area contributed by atoms with Crippen LogP contribution in [-0.2, 0) is 20.7 Å². The zero-order chi connectivity index (χ0) is 20.6. The summed E-state index contributed by atoms with van der Waals surface area (Å²) in [7, 11) is 0. The minimum Gasteiger partial charge on any atom is -0.455 e. The summed E-state index contributed by atoms with van der Waals surface area (Å²) in [5.74, 6) is -1.67. The van der Waals surface area contributed by atoms with Gasteiger partial charge in [0.1, 0.15) is 5.01 Å². The van der Waals surface area contributed by atoms with Crippen LogP contribution in [0.5, 0.6) is 0 Å². The average Bonchev–Trinajstić information content (AvgIpc) is 3.19. The molecule has 2 N–H and O–H groups in total. The summed E-state index contributed by atoms with van der Waals surface area (Å²) in [6, 6.07) is 16.4. The Hall–Kier alpha value is -3.52. The Morgan fingerprint density at radius 2 is 1.83 bits per heavy atom. The topological polar surface area (TPSA) is 97.4 Å². The van der Waals surface area contributed by atoms with Crippen LogP contribution in [0.1, 0.15) is 21.6 Å². The maximum absolute atomic E-state index is 12.0. The fourth-order valence-corrected chi connectivity index (χ4v) is 3.28. The molecule has 7 nitrogen and oxygen atoms in total. The van der Waals surface area contributed by atoms with Crippen LogP contribution in [0, 0.1) is 6.92 Å². The third-order valence-electron chi connectivity index (χ3n) is 3.86. The highest BCUT2D eigenvalue weighted by atomic mass is 32.1. The van der Waals surface area contributed by atoms with Crippen LogP contribution in [0.2, 0.25) is 0 Å². The van der Waals surface area contributed by atoms with E-state index in [1.165, 1.54) is 11.3 Å². The molecular formula is C21H19N3O4S. The molecule has 1 heterocycles. The number of carbonyl (C=O) groups excluding carboxylic acids is 3. The standard InChI is InChI=1S/C21H19N3O4S/c1-14-6-5-9-16(10-14)21-22-17(13-29-21)11-19(26)28-12-18(25)23-24-20(27)15-7-3-2-4-8-15/h2-10,13H,11-12H2,1H3,(H,23,25)(H,24,27). The highest BCUT2D eigenvalue weighted by molar-refractivity contribution is 7.13. The number of hydrazine groups is 1. The third-order valence-corrected chi connectivity index (χ3v) is 4.80. The van der Waals surface area contributed by atoms with Gasteiger partial charge in [-0.25, -0.2) is 4.98 Å². The molecule has 0 saturated carbocycles. The van der Waals surface area contributed by atoms with Crippen molar-refractivity contribution < 1.29 is 19.1 Å². The normalized spacial score (nSPS) is 10.2. The second kappa shape index (κ2) is 9.61. The molecule has 8 heteroatoms. The first-order valence-electron chi connectivity index (χ1n) is 8.82. The first-order valence-corrected chi connectivity index (χ1v) is 9.70. The molecule has 0 radical (unpaired) electrons. The van der Waals surface area contributed by atoms with Crippen LogP contribution < -0.4 is 10.9 Å². The SMILES string of the molecule is Cc1cccc(-c2nc(CC(=O)OCC(=O)NNC(=O)c3ccccc3)cs2)c1. The van der Waals surface area contributed by atoms with Gasteiger partial charge in [0, 0.05) is 16.5 Å². The largest absolute Gasteiger partial charge is 0.455 e. The van der Waals surface area contributed by atoms with Crippen LogP contribution in [-0.4, -0.2) is 29.4 Å². The van der Waals surface area contributed by atoms with Crippen LogP contribution in [0.25, 0.3) is 10.6 Å². The maximum Gasteiger partial charge on any atom is 0.312 e. The number of aromatic nitrogens is 1. The number of thiazole rings is 1. The number of ether oxygens (including phenoxy) is 1. The average molecular weight is 409 g/mol. The van der Waals surface area contributed by atoms with Crippen LogP contribution in [0.4, 0.5) is 0 Å². The number of esters is 1. The minimum atomic E-state index is -0.638. The summed E-state index contributed by atoms with van der Waals surface area (Å²) in [6.07, 6.45) is -0.0357. The molecule has 1 aromatic heterocycles. The van der Waals surface area contributed by atoms with Gasteiger partial charge in [-0.3, -0.25) is 25.2 Å². The number of carbonyl (C=O) groups is 3. The molecule has 0 unspecified atom stereocenters. The second-order valence-electron chi connectivity index (χ2n) is 6.22. The lowest BCUT2D eigenvalue weighted by molar-refractivity contribution is -0.148. The van der Waals surface area contributed by atoms with Gasteiger partial charge in [-0.2, -0.15) is 0 Å². The molecule has 0 bridgehead atoms. The lowest BCUT2D eigenvalue weighted by Crippen LogP contribution is -2.43. The third kappa shape index (κ3) is 5.98. The monoisotopic (exact) mass is 409 g/mol. The number of nitrogens with zero attached hydrogens (tertiary/aromatic N) is 1. The molecule has 0 spiro atoms. The lowest BCUT2D eigenvalue weighted by atomic mass is 10.1. The van der Waals surface area contributed by atoms with Crippen molar-refractivity contribution in [3.63, 3.8) is 0 Å². The van der Waals surface area contributed by atoms with Crippen LogP contribution >= 0.6 is 11.3 Å². The zero-order valence-corrected chi connectivity index (χ0v) is 16.5. The molecule has 3 rings (SSSR count). The van der Waals surface area contributed by atoms with E-state index in [4.69, 9.17) is 4.74 Å². The van der Waals surface area contributed by atoms with E-state index in [2.05, 4.69) is 15.8 Å². The van der Waals surface area contributed by atoms with Gasteiger partial charge in [-0.1, -0.05) is 42.0 Å². The summed E-state index contributed by atoms with van der Waals surface area (Å²) < 4.78 is 4.94. The highest BCUT2D eigenvalue weighted by Crippen LogP contribution is 2.24. The molecular weight excluding hydrogens is 390 g/mol. The molecule has 0 aliphatic carbocycles. The maximum atomic E-state index is 12.0. The predicted octanol–water partition coefficient (Wildman–Crippen LogP) is 2.67. The molecule has 148 valence electrons. The quantitative estimate of drug-likeness (QED) is 0.482. The Morgan fingerprint density at radius 3 is 2.59 bits per heavy atom. The molecule has 0 aliphatic heterocycles. The number of hydrogen-bond acceptors (Lipinski definition) is 6. The second-order valence-corrected chi connectivity index (χ2v) is 7.08. The van der Waals surface area contributed by atoms with Crippen molar-refractivity contribution in [3.8, 4) is 10.6 Å². The highest BCUT2D eigenvalue weighted by Gasteiger charge is 2.13. The smallest absolute Gasteiger partial charge is 0.312 e. The summed E-state index contributed by atoms with van der Waals surface area (Å²) >= 11 is 1.44. The van der Waals surface area contributed by atoms with Gasteiger partial charge in [0.25, 0.3) is 11.8 Å². The fourth-order valence-electron chi connectivity index (χ4n) is 2.47. The van der Waals surface area contributed by atoms with Gasteiger partial charge in [-0.05, 0) is 25.1 Å². The predicted molar refractivity (Wildman–Crippen MR) is 109 cm³/mol. The molecule has 2 aromatic carbocycles. The molecule has 0 saturated heterocycles. The van der Waals surface area contributed by atoms with Crippen molar-refractivity contribution in [2.24, 2.45) is 0 Å². The van der Waals surface area contributed by atoms with E-state index in [1.54, 1.807) is 35.7 Å². The Labute approximate surface area is 171 Å². The number of hydrogen-bond donors (Lipinski definition) is 2.